The molecule has 2 aromatic rings. The van der Waals surface area contributed by atoms with Gasteiger partial charge in [-0.15, -0.1) is 0 Å². The third kappa shape index (κ3) is 5.03. The number of nitrogens with zero attached hydrogens (tertiary/aromatic N) is 5. The first-order valence-corrected chi connectivity index (χ1v) is 13.2. The zero-order valence-electron chi connectivity index (χ0n) is 22.2. The average molecular weight is 470 g/mol. The summed E-state index contributed by atoms with van der Waals surface area (Å²) in [5, 5.41) is 9.74. The maximum atomic E-state index is 12.8. The normalized spacial score (nSPS) is 19.6. The largest absolute Gasteiger partial charge is 0.444 e. The maximum Gasteiger partial charge on any atom is 0.410 e. The van der Waals surface area contributed by atoms with E-state index in [-0.39, 0.29) is 6.09 Å². The van der Waals surface area contributed by atoms with E-state index in [0.717, 1.165) is 42.0 Å². The second-order valence-corrected chi connectivity index (χ2v) is 11.5. The van der Waals surface area contributed by atoms with Crippen molar-refractivity contribution < 1.29 is 9.53 Å². The molecule has 0 N–H and O–H groups in total. The molecule has 4 heterocycles. The second-order valence-electron chi connectivity index (χ2n) is 11.5. The van der Waals surface area contributed by atoms with Gasteiger partial charge in [0, 0.05) is 32.1 Å². The standard InChI is InChI=1S/C27H43N5O2/c1-8-9-10-11-18(2)19(3)21-14-20-15-28-30(7)24(20)25-22-17-31(26(33)34-27(4,5)6)13-12-23(22)29-32(25)16-21/h15,18-19,21H,8-14,16-17H2,1-7H3. The van der Waals surface area contributed by atoms with Crippen LogP contribution >= 0.6 is 0 Å². The minimum Gasteiger partial charge on any atom is -0.444 e. The summed E-state index contributed by atoms with van der Waals surface area (Å²) >= 11 is 0. The quantitative estimate of drug-likeness (QED) is 0.517. The monoisotopic (exact) mass is 469 g/mol. The first kappa shape index (κ1) is 24.8. The van der Waals surface area contributed by atoms with Crippen molar-refractivity contribution in [1.29, 1.82) is 0 Å². The van der Waals surface area contributed by atoms with E-state index in [4.69, 9.17) is 9.84 Å². The zero-order chi connectivity index (χ0) is 24.6. The molecule has 1 amide bonds. The number of fused-ring (bicyclic) bond motifs is 5. The predicted octanol–water partition coefficient (Wildman–Crippen LogP) is 5.60. The average Bonchev–Trinajstić information content (AvgIpc) is 3.24. The van der Waals surface area contributed by atoms with Gasteiger partial charge in [0.2, 0.25) is 0 Å². The summed E-state index contributed by atoms with van der Waals surface area (Å²) < 4.78 is 9.90. The first-order chi connectivity index (χ1) is 16.1. The second kappa shape index (κ2) is 9.74. The van der Waals surface area contributed by atoms with E-state index in [1.54, 1.807) is 0 Å². The molecule has 0 aromatic carbocycles. The van der Waals surface area contributed by atoms with E-state index in [2.05, 4.69) is 30.6 Å². The predicted molar refractivity (Wildman–Crippen MR) is 134 cm³/mol. The lowest BCUT2D eigenvalue weighted by atomic mass is 9.78. The molecule has 2 aliphatic heterocycles. The molecule has 188 valence electrons. The summed E-state index contributed by atoms with van der Waals surface area (Å²) in [4.78, 5) is 14.7. The molecule has 34 heavy (non-hydrogen) atoms. The Bertz CT molecular complexity index is 1020. The van der Waals surface area contributed by atoms with Crippen LogP contribution in [0.5, 0.6) is 0 Å². The Kier molecular flexibility index (Phi) is 7.11. The molecule has 0 saturated heterocycles. The van der Waals surface area contributed by atoms with Crippen molar-refractivity contribution in [3.8, 4) is 11.4 Å². The number of ether oxygens (including phenoxy) is 1. The van der Waals surface area contributed by atoms with E-state index in [0.29, 0.717) is 30.8 Å². The first-order valence-electron chi connectivity index (χ1n) is 13.2. The van der Waals surface area contributed by atoms with Gasteiger partial charge in [-0.25, -0.2) is 4.79 Å². The van der Waals surface area contributed by atoms with Gasteiger partial charge in [0.25, 0.3) is 0 Å². The Morgan fingerprint density at radius 2 is 2.00 bits per heavy atom. The van der Waals surface area contributed by atoms with E-state index in [9.17, 15) is 4.79 Å². The third-order valence-corrected chi connectivity index (χ3v) is 7.79. The van der Waals surface area contributed by atoms with Gasteiger partial charge >= 0.3 is 6.09 Å². The Morgan fingerprint density at radius 3 is 2.71 bits per heavy atom. The number of unbranched alkanes of at least 4 members (excludes halogenated alkanes) is 2. The number of carbonyl (C=O) groups excluding carboxylic acids is 1. The smallest absolute Gasteiger partial charge is 0.410 e. The molecule has 0 saturated carbocycles. The molecule has 2 aromatic heterocycles. The molecule has 0 spiro atoms. The lowest BCUT2D eigenvalue weighted by Crippen LogP contribution is -2.39. The van der Waals surface area contributed by atoms with Crippen molar-refractivity contribution >= 4 is 6.09 Å². The van der Waals surface area contributed by atoms with Gasteiger partial charge in [0.15, 0.2) is 0 Å². The number of carbonyl (C=O) groups is 1. The third-order valence-electron chi connectivity index (χ3n) is 7.79. The highest BCUT2D eigenvalue weighted by Gasteiger charge is 2.36. The van der Waals surface area contributed by atoms with Gasteiger partial charge < -0.3 is 9.64 Å². The summed E-state index contributed by atoms with van der Waals surface area (Å²) in [5.74, 6) is 1.81. The van der Waals surface area contributed by atoms with Crippen LogP contribution in [0.2, 0.25) is 0 Å². The van der Waals surface area contributed by atoms with Crippen molar-refractivity contribution in [2.45, 2.75) is 98.8 Å². The molecular weight excluding hydrogens is 426 g/mol. The summed E-state index contributed by atoms with van der Waals surface area (Å²) in [5.41, 5.74) is 5.38. The Labute approximate surface area is 204 Å². The number of hydrogen-bond donors (Lipinski definition) is 0. The Morgan fingerprint density at radius 1 is 1.24 bits per heavy atom. The fraction of sp³-hybridized carbons (Fsp3) is 0.741. The van der Waals surface area contributed by atoms with Crippen LogP contribution in [0.25, 0.3) is 11.4 Å². The number of amides is 1. The summed E-state index contributed by atoms with van der Waals surface area (Å²) in [6.45, 7) is 15.0. The van der Waals surface area contributed by atoms with Crippen molar-refractivity contribution in [3.63, 3.8) is 0 Å². The topological polar surface area (TPSA) is 65.2 Å². The maximum absolute atomic E-state index is 12.8. The molecule has 3 atom stereocenters. The van der Waals surface area contributed by atoms with Gasteiger partial charge in [-0.1, -0.05) is 46.5 Å². The molecule has 7 nitrogen and oxygen atoms in total. The van der Waals surface area contributed by atoms with Crippen molar-refractivity contribution in [2.24, 2.45) is 24.8 Å². The van der Waals surface area contributed by atoms with Crippen LogP contribution in [-0.4, -0.2) is 42.7 Å². The van der Waals surface area contributed by atoms with Gasteiger partial charge in [-0.2, -0.15) is 10.2 Å². The van der Waals surface area contributed by atoms with Crippen LogP contribution in [-0.2, 0) is 37.7 Å². The van der Waals surface area contributed by atoms with Crippen LogP contribution in [0.4, 0.5) is 4.79 Å². The molecule has 0 aliphatic carbocycles. The van der Waals surface area contributed by atoms with Crippen LogP contribution in [0.15, 0.2) is 6.20 Å². The fourth-order valence-corrected chi connectivity index (χ4v) is 5.61. The summed E-state index contributed by atoms with van der Waals surface area (Å²) in [7, 11) is 2.02. The van der Waals surface area contributed by atoms with Crippen LogP contribution in [0.1, 0.15) is 84.0 Å². The molecule has 0 radical (unpaired) electrons. The van der Waals surface area contributed by atoms with Crippen LogP contribution in [0, 0.1) is 17.8 Å². The highest BCUT2D eigenvalue weighted by Crippen LogP contribution is 2.39. The van der Waals surface area contributed by atoms with Gasteiger partial charge in [0.05, 0.1) is 29.8 Å². The Hall–Kier alpha value is -2.31. The highest BCUT2D eigenvalue weighted by molar-refractivity contribution is 5.71. The molecule has 2 aliphatic rings. The van der Waals surface area contributed by atoms with E-state index >= 15 is 0 Å². The molecule has 0 fully saturated rings. The Balaban J connectivity index is 1.64. The lowest BCUT2D eigenvalue weighted by Gasteiger charge is -2.30. The fourth-order valence-electron chi connectivity index (χ4n) is 5.61. The highest BCUT2D eigenvalue weighted by atomic mass is 16.6. The summed E-state index contributed by atoms with van der Waals surface area (Å²) in [6, 6.07) is 0. The molecular formula is C27H43N5O2. The van der Waals surface area contributed by atoms with E-state index < -0.39 is 5.60 Å². The van der Waals surface area contributed by atoms with Gasteiger partial charge in [0.1, 0.15) is 5.60 Å². The number of hydrogen-bond acceptors (Lipinski definition) is 4. The van der Waals surface area contributed by atoms with Gasteiger partial charge in [-0.3, -0.25) is 9.36 Å². The van der Waals surface area contributed by atoms with Crippen molar-refractivity contribution in [3.05, 3.63) is 23.0 Å². The molecule has 7 heteroatoms. The van der Waals surface area contributed by atoms with E-state index in [1.807, 2.05) is 43.6 Å². The zero-order valence-corrected chi connectivity index (χ0v) is 22.2. The van der Waals surface area contributed by atoms with Gasteiger partial charge in [-0.05, 0) is 50.5 Å². The number of aromatic nitrogens is 4. The molecule has 4 rings (SSSR count). The van der Waals surface area contributed by atoms with Crippen LogP contribution in [0.3, 0.4) is 0 Å². The van der Waals surface area contributed by atoms with Crippen LogP contribution < -0.4 is 0 Å². The van der Waals surface area contributed by atoms with Crippen molar-refractivity contribution in [2.75, 3.05) is 6.54 Å². The molecule has 0 bridgehead atoms. The minimum atomic E-state index is -0.500. The van der Waals surface area contributed by atoms with E-state index in [1.165, 1.54) is 31.2 Å². The van der Waals surface area contributed by atoms with Crippen molar-refractivity contribution in [1.82, 2.24) is 24.5 Å². The minimum absolute atomic E-state index is 0.246. The molecule has 3 unspecified atom stereocenters. The SMILES string of the molecule is CCCCCC(C)C(C)C1Cc2cnn(C)c2-c2c3c(nn2C1)CCN(C(=O)OC(C)(C)C)C3. The lowest BCUT2D eigenvalue weighted by molar-refractivity contribution is 0.0224. The number of aryl methyl sites for hydroxylation is 1. The number of rotatable bonds is 6. The summed E-state index contributed by atoms with van der Waals surface area (Å²) in [6.07, 6.45) is 8.77.